The summed E-state index contributed by atoms with van der Waals surface area (Å²) in [6.07, 6.45) is 2.16. The number of benzene rings is 2. The molecular weight excluding hydrogens is 384 g/mol. The number of aryl methyl sites for hydroxylation is 1. The summed E-state index contributed by atoms with van der Waals surface area (Å²) in [7, 11) is 0. The molecule has 29 heavy (non-hydrogen) atoms. The van der Waals surface area contributed by atoms with E-state index in [0.717, 1.165) is 40.9 Å². The molecule has 1 N–H and O–H groups in total. The van der Waals surface area contributed by atoms with Crippen LogP contribution in [0.15, 0.2) is 42.5 Å². The summed E-state index contributed by atoms with van der Waals surface area (Å²) in [5, 5.41) is 17.2. The van der Waals surface area contributed by atoms with Gasteiger partial charge in [-0.3, -0.25) is 9.48 Å². The molecule has 146 valence electrons. The third kappa shape index (κ3) is 4.03. The van der Waals surface area contributed by atoms with Gasteiger partial charge in [-0.1, -0.05) is 29.8 Å². The van der Waals surface area contributed by atoms with E-state index >= 15 is 0 Å². The van der Waals surface area contributed by atoms with Gasteiger partial charge in [0, 0.05) is 22.9 Å². The molecule has 1 aliphatic carbocycles. The topological polar surface area (TPSA) is 70.7 Å². The number of hydrogen-bond acceptors (Lipinski definition) is 3. The van der Waals surface area contributed by atoms with Crippen LogP contribution in [0.2, 0.25) is 5.02 Å². The molecule has 0 spiro atoms. The number of aromatic nitrogens is 2. The molecule has 1 aliphatic rings. The van der Waals surface area contributed by atoms with Gasteiger partial charge in [-0.05, 0) is 62.1 Å². The van der Waals surface area contributed by atoms with E-state index in [1.165, 1.54) is 0 Å². The van der Waals surface area contributed by atoms with Crippen LogP contribution in [0.4, 0.5) is 0 Å². The zero-order chi connectivity index (χ0) is 20.5. The number of carbonyl (C=O) groups is 1. The minimum Gasteiger partial charge on any atom is -0.349 e. The van der Waals surface area contributed by atoms with Crippen molar-refractivity contribution in [3.63, 3.8) is 0 Å². The van der Waals surface area contributed by atoms with Crippen molar-refractivity contribution in [2.24, 2.45) is 0 Å². The van der Waals surface area contributed by atoms with Gasteiger partial charge in [0.1, 0.15) is 6.07 Å². The highest BCUT2D eigenvalue weighted by molar-refractivity contribution is 6.32. The van der Waals surface area contributed by atoms with Gasteiger partial charge in [-0.25, -0.2) is 0 Å². The number of hydrogen-bond donors (Lipinski definition) is 1. The Morgan fingerprint density at radius 3 is 2.59 bits per heavy atom. The lowest BCUT2D eigenvalue weighted by atomic mass is 10.0. The zero-order valence-corrected chi connectivity index (χ0v) is 17.1. The summed E-state index contributed by atoms with van der Waals surface area (Å²) in [6, 6.07) is 15.6. The van der Waals surface area contributed by atoms with E-state index in [2.05, 4.69) is 16.5 Å². The lowest BCUT2D eigenvalue weighted by Gasteiger charge is -2.08. The van der Waals surface area contributed by atoms with Crippen molar-refractivity contribution in [1.29, 1.82) is 5.26 Å². The molecule has 0 unspecified atom stereocenters. The fourth-order valence-electron chi connectivity index (χ4n) is 3.46. The van der Waals surface area contributed by atoms with Crippen molar-refractivity contribution >= 4 is 17.5 Å². The first kappa shape index (κ1) is 19.2. The maximum absolute atomic E-state index is 12.1. The SMILES string of the molecule is Cc1nn(Cc2ccc(C(=O)NC3CC3)cc2)c(C)c1-c1ccc(C#N)c(Cl)c1. The first-order chi connectivity index (χ1) is 14.0. The number of amides is 1. The first-order valence-electron chi connectivity index (χ1n) is 9.60. The van der Waals surface area contributed by atoms with E-state index in [4.69, 9.17) is 16.9 Å². The predicted molar refractivity (Wildman–Crippen MR) is 113 cm³/mol. The van der Waals surface area contributed by atoms with E-state index in [1.807, 2.05) is 54.9 Å². The molecule has 0 aliphatic heterocycles. The normalized spacial score (nSPS) is 13.2. The number of halogens is 1. The van der Waals surface area contributed by atoms with Gasteiger partial charge in [-0.2, -0.15) is 10.4 Å². The highest BCUT2D eigenvalue weighted by atomic mass is 35.5. The van der Waals surface area contributed by atoms with E-state index < -0.39 is 0 Å². The van der Waals surface area contributed by atoms with E-state index in [9.17, 15) is 4.79 Å². The van der Waals surface area contributed by atoms with Gasteiger partial charge in [0.05, 0.1) is 22.8 Å². The highest BCUT2D eigenvalue weighted by Crippen LogP contribution is 2.30. The van der Waals surface area contributed by atoms with E-state index in [-0.39, 0.29) is 5.91 Å². The summed E-state index contributed by atoms with van der Waals surface area (Å²) in [5.41, 5.74) is 6.12. The Kier molecular flexibility index (Phi) is 5.12. The Hall–Kier alpha value is -3.10. The zero-order valence-electron chi connectivity index (χ0n) is 16.4. The Labute approximate surface area is 174 Å². The lowest BCUT2D eigenvalue weighted by molar-refractivity contribution is 0.0951. The van der Waals surface area contributed by atoms with Crippen LogP contribution < -0.4 is 5.32 Å². The highest BCUT2D eigenvalue weighted by Gasteiger charge is 2.23. The third-order valence-electron chi connectivity index (χ3n) is 5.22. The Morgan fingerprint density at radius 2 is 1.97 bits per heavy atom. The van der Waals surface area contributed by atoms with Gasteiger partial charge in [0.2, 0.25) is 0 Å². The van der Waals surface area contributed by atoms with Crippen molar-refractivity contribution < 1.29 is 4.79 Å². The molecule has 0 saturated heterocycles. The Bertz CT molecular complexity index is 1120. The molecule has 0 bridgehead atoms. The standard InChI is InChI=1S/C23H21ClN4O/c1-14-22(18-7-8-19(12-25)21(24)11-18)15(2)28(27-14)13-16-3-5-17(6-4-16)23(29)26-20-9-10-20/h3-8,11,20H,9-10,13H2,1-2H3,(H,26,29). The molecule has 6 heteroatoms. The summed E-state index contributed by atoms with van der Waals surface area (Å²) in [5.74, 6) is -0.00912. The first-order valence-corrected chi connectivity index (χ1v) is 9.98. The van der Waals surface area contributed by atoms with Crippen LogP contribution in [0.3, 0.4) is 0 Å². The fraction of sp³-hybridized carbons (Fsp3) is 0.261. The van der Waals surface area contributed by atoms with Crippen LogP contribution in [0.1, 0.15) is 45.7 Å². The molecule has 0 atom stereocenters. The molecule has 1 fully saturated rings. The van der Waals surface area contributed by atoms with Crippen molar-refractivity contribution in [3.05, 3.63) is 75.6 Å². The smallest absolute Gasteiger partial charge is 0.251 e. The summed E-state index contributed by atoms with van der Waals surface area (Å²) < 4.78 is 1.95. The second-order valence-corrected chi connectivity index (χ2v) is 7.86. The molecule has 1 heterocycles. The van der Waals surface area contributed by atoms with E-state index in [0.29, 0.717) is 28.7 Å². The second kappa shape index (κ2) is 7.73. The minimum atomic E-state index is -0.00912. The largest absolute Gasteiger partial charge is 0.349 e. The molecule has 1 amide bonds. The molecule has 4 rings (SSSR count). The van der Waals surface area contributed by atoms with Gasteiger partial charge in [-0.15, -0.1) is 0 Å². The lowest BCUT2D eigenvalue weighted by Crippen LogP contribution is -2.25. The number of carbonyl (C=O) groups excluding carboxylic acids is 1. The number of nitrogens with one attached hydrogen (secondary N) is 1. The molecule has 1 aromatic heterocycles. The Balaban J connectivity index is 1.55. The Morgan fingerprint density at radius 1 is 1.24 bits per heavy atom. The molecule has 1 saturated carbocycles. The number of rotatable bonds is 5. The van der Waals surface area contributed by atoms with Crippen molar-refractivity contribution in [2.45, 2.75) is 39.3 Å². The summed E-state index contributed by atoms with van der Waals surface area (Å²) in [4.78, 5) is 12.1. The minimum absolute atomic E-state index is 0.00912. The second-order valence-electron chi connectivity index (χ2n) is 7.45. The maximum Gasteiger partial charge on any atom is 0.251 e. The maximum atomic E-state index is 12.1. The van der Waals surface area contributed by atoms with Crippen molar-refractivity contribution in [1.82, 2.24) is 15.1 Å². The van der Waals surface area contributed by atoms with Crippen LogP contribution in [-0.4, -0.2) is 21.7 Å². The van der Waals surface area contributed by atoms with Crippen LogP contribution in [-0.2, 0) is 6.54 Å². The monoisotopic (exact) mass is 404 g/mol. The fourth-order valence-corrected chi connectivity index (χ4v) is 3.68. The third-order valence-corrected chi connectivity index (χ3v) is 5.53. The summed E-state index contributed by atoms with van der Waals surface area (Å²) in [6.45, 7) is 4.61. The number of nitriles is 1. The van der Waals surface area contributed by atoms with Gasteiger partial charge in [0.15, 0.2) is 0 Å². The molecular formula is C23H21ClN4O. The van der Waals surface area contributed by atoms with Crippen LogP contribution in [0, 0.1) is 25.2 Å². The van der Waals surface area contributed by atoms with Crippen molar-refractivity contribution in [3.8, 4) is 17.2 Å². The van der Waals surface area contributed by atoms with E-state index in [1.54, 1.807) is 6.07 Å². The van der Waals surface area contributed by atoms with Crippen molar-refractivity contribution in [2.75, 3.05) is 0 Å². The van der Waals surface area contributed by atoms with Crippen LogP contribution >= 0.6 is 11.6 Å². The van der Waals surface area contributed by atoms with Gasteiger partial charge < -0.3 is 5.32 Å². The van der Waals surface area contributed by atoms with Gasteiger partial charge >= 0.3 is 0 Å². The quantitative estimate of drug-likeness (QED) is 0.673. The number of nitrogens with zero attached hydrogens (tertiary/aromatic N) is 3. The average molecular weight is 405 g/mol. The van der Waals surface area contributed by atoms with Crippen LogP contribution in [0.25, 0.3) is 11.1 Å². The molecule has 3 aromatic rings. The molecule has 0 radical (unpaired) electrons. The van der Waals surface area contributed by atoms with Crippen LogP contribution in [0.5, 0.6) is 0 Å². The molecule has 2 aromatic carbocycles. The predicted octanol–water partition coefficient (Wildman–Crippen LogP) is 4.63. The molecule has 5 nitrogen and oxygen atoms in total. The average Bonchev–Trinajstić information content (AvgIpc) is 3.47. The van der Waals surface area contributed by atoms with Gasteiger partial charge in [0.25, 0.3) is 5.91 Å². The summed E-state index contributed by atoms with van der Waals surface area (Å²) >= 11 is 6.21.